The summed E-state index contributed by atoms with van der Waals surface area (Å²) in [6, 6.07) is 11.5. The number of benzene rings is 2. The van der Waals surface area contributed by atoms with Gasteiger partial charge in [-0.05, 0) is 50.1 Å². The zero-order chi connectivity index (χ0) is 25.5. The first-order chi connectivity index (χ1) is 17.4. The summed E-state index contributed by atoms with van der Waals surface area (Å²) in [5.74, 6) is -1.55. The fourth-order valence-electron chi connectivity index (χ4n) is 4.49. The highest BCUT2D eigenvalue weighted by atomic mass is 19.1. The number of ether oxygens (including phenoxy) is 1. The minimum Gasteiger partial charge on any atom is -0.379 e. The largest absolute Gasteiger partial charge is 0.379 e. The lowest BCUT2D eigenvalue weighted by molar-refractivity contribution is -0.121. The van der Waals surface area contributed by atoms with Crippen LogP contribution < -0.4 is 10.6 Å². The highest BCUT2D eigenvalue weighted by Gasteiger charge is 2.29. The zero-order valence-corrected chi connectivity index (χ0v) is 20.6. The summed E-state index contributed by atoms with van der Waals surface area (Å²) in [6.45, 7) is 6.32. The van der Waals surface area contributed by atoms with Crippen LogP contribution in [0.4, 0.5) is 15.8 Å². The van der Waals surface area contributed by atoms with Crippen LogP contribution in [0, 0.1) is 18.7 Å². The van der Waals surface area contributed by atoms with E-state index in [4.69, 9.17) is 4.74 Å². The Bertz CT molecular complexity index is 1090. The standard InChI is InChI=1S/C27H33FN4O4/c1-19-4-6-20(7-5-19)27(35)32-11-2-3-21(18-32)26(34)29-22-8-9-23(28)24(17-22)30-25(33)10-12-31-13-15-36-16-14-31/h4-9,17,21H,2-3,10-16,18H2,1H3,(H,29,34)(H,30,33)/t21-/m1/s1. The van der Waals surface area contributed by atoms with E-state index in [9.17, 15) is 18.8 Å². The van der Waals surface area contributed by atoms with Crippen LogP contribution in [-0.2, 0) is 14.3 Å². The Morgan fingerprint density at radius 2 is 1.78 bits per heavy atom. The number of hydrogen-bond acceptors (Lipinski definition) is 5. The number of amides is 3. The van der Waals surface area contributed by atoms with Crippen LogP contribution in [0.3, 0.4) is 0 Å². The number of nitrogens with one attached hydrogen (secondary N) is 2. The SMILES string of the molecule is Cc1ccc(C(=O)N2CCC[C@@H](C(=O)Nc3ccc(F)c(NC(=O)CCN4CCOCC4)c3)C2)cc1. The van der Waals surface area contributed by atoms with Crippen molar-refractivity contribution in [2.75, 3.05) is 56.6 Å². The number of rotatable bonds is 7. The van der Waals surface area contributed by atoms with Crippen molar-refractivity contribution in [3.63, 3.8) is 0 Å². The van der Waals surface area contributed by atoms with E-state index in [1.165, 1.54) is 18.2 Å². The third-order valence-electron chi connectivity index (χ3n) is 6.64. The van der Waals surface area contributed by atoms with Gasteiger partial charge in [-0.25, -0.2) is 4.39 Å². The molecule has 2 heterocycles. The number of carbonyl (C=O) groups is 3. The summed E-state index contributed by atoms with van der Waals surface area (Å²) in [5.41, 5.74) is 2.11. The number of morpholine rings is 1. The lowest BCUT2D eigenvalue weighted by Crippen LogP contribution is -2.43. The molecular formula is C27H33FN4O4. The summed E-state index contributed by atoms with van der Waals surface area (Å²) in [5, 5.41) is 5.44. The van der Waals surface area contributed by atoms with Gasteiger partial charge in [0.1, 0.15) is 5.82 Å². The fourth-order valence-corrected chi connectivity index (χ4v) is 4.49. The second kappa shape index (κ2) is 12.1. The van der Waals surface area contributed by atoms with Crippen LogP contribution in [0.1, 0.15) is 35.2 Å². The first-order valence-electron chi connectivity index (χ1n) is 12.5. The molecule has 0 aromatic heterocycles. The predicted octanol–water partition coefficient (Wildman–Crippen LogP) is 3.29. The van der Waals surface area contributed by atoms with Crippen LogP contribution in [0.5, 0.6) is 0 Å². The zero-order valence-electron chi connectivity index (χ0n) is 20.6. The molecule has 0 saturated carbocycles. The normalized spacial score (nSPS) is 18.5. The van der Waals surface area contributed by atoms with Crippen molar-refractivity contribution in [2.45, 2.75) is 26.2 Å². The summed E-state index contributed by atoms with van der Waals surface area (Å²) >= 11 is 0. The molecule has 2 saturated heterocycles. The van der Waals surface area contributed by atoms with E-state index in [1.54, 1.807) is 17.0 Å². The minimum absolute atomic E-state index is 0.0274. The first-order valence-corrected chi connectivity index (χ1v) is 12.5. The van der Waals surface area contributed by atoms with Gasteiger partial charge >= 0.3 is 0 Å². The van der Waals surface area contributed by atoms with Gasteiger partial charge in [0.2, 0.25) is 11.8 Å². The van der Waals surface area contributed by atoms with E-state index in [0.717, 1.165) is 25.1 Å². The average Bonchev–Trinajstić information content (AvgIpc) is 2.90. The molecule has 2 fully saturated rings. The Morgan fingerprint density at radius 3 is 2.53 bits per heavy atom. The number of halogens is 1. The molecule has 9 heteroatoms. The smallest absolute Gasteiger partial charge is 0.253 e. The Morgan fingerprint density at radius 1 is 1.03 bits per heavy atom. The summed E-state index contributed by atoms with van der Waals surface area (Å²) in [4.78, 5) is 42.1. The molecule has 3 amide bonds. The van der Waals surface area contributed by atoms with Crippen LogP contribution in [-0.4, -0.2) is 73.5 Å². The fraction of sp³-hybridized carbons (Fsp3) is 0.444. The number of piperidine rings is 1. The molecule has 36 heavy (non-hydrogen) atoms. The third-order valence-corrected chi connectivity index (χ3v) is 6.64. The maximum absolute atomic E-state index is 14.3. The van der Waals surface area contributed by atoms with Crippen molar-refractivity contribution in [3.05, 3.63) is 59.4 Å². The molecule has 4 rings (SSSR count). The maximum Gasteiger partial charge on any atom is 0.253 e. The second-order valence-corrected chi connectivity index (χ2v) is 9.39. The van der Waals surface area contributed by atoms with Gasteiger partial charge in [-0.1, -0.05) is 17.7 Å². The monoisotopic (exact) mass is 496 g/mol. The molecule has 0 spiro atoms. The minimum atomic E-state index is -0.569. The molecule has 2 aromatic carbocycles. The number of aryl methyl sites for hydroxylation is 1. The number of nitrogens with zero attached hydrogens (tertiary/aromatic N) is 2. The topological polar surface area (TPSA) is 91.0 Å². The van der Waals surface area contributed by atoms with Crippen molar-refractivity contribution in [3.8, 4) is 0 Å². The van der Waals surface area contributed by atoms with Crippen LogP contribution in [0.15, 0.2) is 42.5 Å². The molecule has 1 atom stereocenters. The van der Waals surface area contributed by atoms with Crippen molar-refractivity contribution in [1.29, 1.82) is 0 Å². The number of likely N-dealkylation sites (tertiary alicyclic amines) is 1. The van der Waals surface area contributed by atoms with Crippen molar-refractivity contribution >= 4 is 29.1 Å². The van der Waals surface area contributed by atoms with Gasteiger partial charge in [0, 0.05) is 50.4 Å². The molecule has 8 nitrogen and oxygen atoms in total. The Labute approximate surface area is 210 Å². The molecule has 2 aliphatic rings. The summed E-state index contributed by atoms with van der Waals surface area (Å²) < 4.78 is 19.6. The highest BCUT2D eigenvalue weighted by molar-refractivity contribution is 5.97. The van der Waals surface area contributed by atoms with Crippen LogP contribution in [0.2, 0.25) is 0 Å². The Kier molecular flexibility index (Phi) is 8.66. The maximum atomic E-state index is 14.3. The molecule has 0 bridgehead atoms. The second-order valence-electron chi connectivity index (χ2n) is 9.39. The van der Waals surface area contributed by atoms with E-state index < -0.39 is 5.82 Å². The lowest BCUT2D eigenvalue weighted by Gasteiger charge is -2.32. The molecule has 0 aliphatic carbocycles. The van der Waals surface area contributed by atoms with Gasteiger partial charge in [0.25, 0.3) is 5.91 Å². The van der Waals surface area contributed by atoms with Gasteiger partial charge in [-0.3, -0.25) is 19.3 Å². The quantitative estimate of drug-likeness (QED) is 0.614. The molecule has 2 aliphatic heterocycles. The number of hydrogen-bond donors (Lipinski definition) is 2. The number of carbonyl (C=O) groups excluding carboxylic acids is 3. The van der Waals surface area contributed by atoms with Gasteiger partial charge in [0.05, 0.1) is 24.8 Å². The molecule has 192 valence electrons. The van der Waals surface area contributed by atoms with Crippen LogP contribution in [0.25, 0.3) is 0 Å². The van der Waals surface area contributed by atoms with Gasteiger partial charge in [-0.15, -0.1) is 0 Å². The molecule has 2 N–H and O–H groups in total. The van der Waals surface area contributed by atoms with E-state index in [0.29, 0.717) is 50.5 Å². The first kappa shape index (κ1) is 25.8. The van der Waals surface area contributed by atoms with E-state index in [1.807, 2.05) is 19.1 Å². The van der Waals surface area contributed by atoms with E-state index in [2.05, 4.69) is 15.5 Å². The lowest BCUT2D eigenvalue weighted by atomic mass is 9.96. The van der Waals surface area contributed by atoms with Crippen LogP contribution >= 0.6 is 0 Å². The molecule has 0 unspecified atom stereocenters. The summed E-state index contributed by atoms with van der Waals surface area (Å²) in [7, 11) is 0. The third kappa shape index (κ3) is 6.89. The van der Waals surface area contributed by atoms with E-state index >= 15 is 0 Å². The molecule has 0 radical (unpaired) electrons. The highest BCUT2D eigenvalue weighted by Crippen LogP contribution is 2.24. The predicted molar refractivity (Wildman–Crippen MR) is 135 cm³/mol. The number of anilines is 2. The van der Waals surface area contributed by atoms with Crippen molar-refractivity contribution in [2.24, 2.45) is 5.92 Å². The van der Waals surface area contributed by atoms with Gasteiger partial charge < -0.3 is 20.3 Å². The van der Waals surface area contributed by atoms with Gasteiger partial charge in [0.15, 0.2) is 0 Å². The summed E-state index contributed by atoms with van der Waals surface area (Å²) in [6.07, 6.45) is 1.63. The molecule has 2 aromatic rings. The van der Waals surface area contributed by atoms with Crippen molar-refractivity contribution in [1.82, 2.24) is 9.80 Å². The Hall–Kier alpha value is -3.30. The average molecular weight is 497 g/mol. The molecular weight excluding hydrogens is 463 g/mol. The van der Waals surface area contributed by atoms with Crippen molar-refractivity contribution < 1.29 is 23.5 Å². The van der Waals surface area contributed by atoms with Gasteiger partial charge in [-0.2, -0.15) is 0 Å². The van der Waals surface area contributed by atoms with E-state index in [-0.39, 0.29) is 35.7 Å². The Balaban J connectivity index is 1.32.